The van der Waals surface area contributed by atoms with Gasteiger partial charge < -0.3 is 14.4 Å². The molecule has 0 N–H and O–H groups in total. The fourth-order valence-electron chi connectivity index (χ4n) is 4.63. The lowest BCUT2D eigenvalue weighted by atomic mass is 9.83. The Morgan fingerprint density at radius 3 is 2.70 bits per heavy atom. The lowest BCUT2D eigenvalue weighted by Crippen LogP contribution is -2.38. The van der Waals surface area contributed by atoms with E-state index in [2.05, 4.69) is 6.07 Å². The predicted molar refractivity (Wildman–Crippen MR) is 99.1 cm³/mol. The van der Waals surface area contributed by atoms with Crippen LogP contribution < -0.4 is 9.47 Å². The number of benzene rings is 2. The van der Waals surface area contributed by atoms with E-state index in [1.807, 2.05) is 4.90 Å². The first kappa shape index (κ1) is 16.6. The number of halogens is 1. The molecular formula is C22H22FNO3. The molecule has 3 heterocycles. The van der Waals surface area contributed by atoms with Crippen molar-refractivity contribution in [3.8, 4) is 11.5 Å². The molecule has 27 heavy (non-hydrogen) atoms. The van der Waals surface area contributed by atoms with E-state index in [4.69, 9.17) is 9.47 Å². The number of likely N-dealkylation sites (tertiary alicyclic amines) is 1. The molecule has 2 aromatic rings. The highest BCUT2D eigenvalue weighted by Crippen LogP contribution is 2.46. The second-order valence-corrected chi connectivity index (χ2v) is 7.53. The molecule has 0 unspecified atom stereocenters. The molecule has 0 atom stereocenters. The van der Waals surface area contributed by atoms with Crippen molar-refractivity contribution >= 4 is 5.91 Å². The Balaban J connectivity index is 1.37. The second kappa shape index (κ2) is 6.55. The molecule has 5 heteroatoms. The summed E-state index contributed by atoms with van der Waals surface area (Å²) in [5.74, 6) is 2.01. The lowest BCUT2D eigenvalue weighted by Gasteiger charge is -2.33. The predicted octanol–water partition coefficient (Wildman–Crippen LogP) is 3.72. The molecule has 1 amide bonds. The van der Waals surface area contributed by atoms with E-state index in [1.54, 1.807) is 12.1 Å². The monoisotopic (exact) mass is 367 g/mol. The maximum Gasteiger partial charge on any atom is 0.253 e. The molecule has 1 fully saturated rings. The summed E-state index contributed by atoms with van der Waals surface area (Å²) in [6.45, 7) is 2.84. The minimum Gasteiger partial charge on any atom is -0.493 e. The number of carbonyl (C=O) groups excluding carboxylic acids is 1. The van der Waals surface area contributed by atoms with Crippen LogP contribution in [0.4, 0.5) is 4.39 Å². The Morgan fingerprint density at radius 2 is 1.89 bits per heavy atom. The highest BCUT2D eigenvalue weighted by Gasteiger charge is 2.33. The molecule has 3 aliphatic heterocycles. The van der Waals surface area contributed by atoms with Gasteiger partial charge in [0.05, 0.1) is 13.2 Å². The summed E-state index contributed by atoms with van der Waals surface area (Å²) in [7, 11) is 0. The summed E-state index contributed by atoms with van der Waals surface area (Å²) < 4.78 is 25.3. The van der Waals surface area contributed by atoms with E-state index in [0.717, 1.165) is 50.4 Å². The van der Waals surface area contributed by atoms with E-state index in [9.17, 15) is 9.18 Å². The summed E-state index contributed by atoms with van der Waals surface area (Å²) in [6.07, 6.45) is 3.67. The summed E-state index contributed by atoms with van der Waals surface area (Å²) in [5, 5.41) is 0. The van der Waals surface area contributed by atoms with Crippen molar-refractivity contribution in [3.05, 3.63) is 58.4 Å². The third-order valence-electron chi connectivity index (χ3n) is 5.95. The number of carbonyl (C=O) groups is 1. The van der Waals surface area contributed by atoms with Crippen molar-refractivity contribution in [3.63, 3.8) is 0 Å². The molecule has 0 spiro atoms. The highest BCUT2D eigenvalue weighted by molar-refractivity contribution is 5.94. The summed E-state index contributed by atoms with van der Waals surface area (Å²) in [5.41, 5.74) is 4.29. The Morgan fingerprint density at radius 1 is 1.07 bits per heavy atom. The third-order valence-corrected chi connectivity index (χ3v) is 5.95. The minimum atomic E-state index is -0.372. The van der Waals surface area contributed by atoms with Crippen LogP contribution in [0, 0.1) is 5.82 Å². The first-order valence-corrected chi connectivity index (χ1v) is 9.70. The van der Waals surface area contributed by atoms with Crippen molar-refractivity contribution in [1.29, 1.82) is 0 Å². The minimum absolute atomic E-state index is 0.0870. The Kier molecular flexibility index (Phi) is 4.03. The van der Waals surface area contributed by atoms with Crippen LogP contribution in [-0.2, 0) is 12.8 Å². The van der Waals surface area contributed by atoms with E-state index in [1.165, 1.54) is 28.8 Å². The first-order chi connectivity index (χ1) is 13.2. The Bertz CT molecular complexity index is 870. The molecule has 4 nitrogen and oxygen atoms in total. The van der Waals surface area contributed by atoms with E-state index in [-0.39, 0.29) is 11.7 Å². The van der Waals surface area contributed by atoms with Crippen molar-refractivity contribution in [2.75, 3.05) is 26.3 Å². The topological polar surface area (TPSA) is 38.8 Å². The van der Waals surface area contributed by atoms with Gasteiger partial charge in [0.25, 0.3) is 5.91 Å². The van der Waals surface area contributed by atoms with E-state index in [0.29, 0.717) is 24.6 Å². The van der Waals surface area contributed by atoms with E-state index >= 15 is 0 Å². The lowest BCUT2D eigenvalue weighted by molar-refractivity contribution is 0.0712. The van der Waals surface area contributed by atoms with Gasteiger partial charge in [0, 0.05) is 48.2 Å². The zero-order valence-corrected chi connectivity index (χ0v) is 15.2. The average molecular weight is 367 g/mol. The largest absolute Gasteiger partial charge is 0.493 e. The normalized spacial score (nSPS) is 18.6. The van der Waals surface area contributed by atoms with Crippen molar-refractivity contribution in [1.82, 2.24) is 4.90 Å². The number of hydrogen-bond acceptors (Lipinski definition) is 3. The van der Waals surface area contributed by atoms with Crippen LogP contribution in [0.5, 0.6) is 11.5 Å². The summed E-state index contributed by atoms with van der Waals surface area (Å²) in [4.78, 5) is 14.5. The molecule has 140 valence electrons. The number of rotatable bonds is 2. The Labute approximate surface area is 157 Å². The quantitative estimate of drug-likeness (QED) is 0.812. The maximum absolute atomic E-state index is 13.4. The smallest absolute Gasteiger partial charge is 0.253 e. The van der Waals surface area contributed by atoms with Gasteiger partial charge in [-0.2, -0.15) is 0 Å². The van der Waals surface area contributed by atoms with Gasteiger partial charge in [0.15, 0.2) is 0 Å². The van der Waals surface area contributed by atoms with Gasteiger partial charge in [-0.3, -0.25) is 4.79 Å². The van der Waals surface area contributed by atoms with Gasteiger partial charge in [0.2, 0.25) is 0 Å². The van der Waals surface area contributed by atoms with Crippen molar-refractivity contribution in [2.45, 2.75) is 31.6 Å². The average Bonchev–Trinajstić information content (AvgIpc) is 3.34. The van der Waals surface area contributed by atoms with Gasteiger partial charge in [-0.1, -0.05) is 6.07 Å². The molecule has 0 radical (unpaired) electrons. The number of ether oxygens (including phenoxy) is 2. The van der Waals surface area contributed by atoms with Crippen LogP contribution >= 0.6 is 0 Å². The number of amides is 1. The van der Waals surface area contributed by atoms with Crippen LogP contribution in [0.1, 0.15) is 45.8 Å². The fraction of sp³-hybridized carbons (Fsp3) is 0.409. The number of fused-ring (bicyclic) bond motifs is 2. The molecule has 0 aliphatic carbocycles. The fourth-order valence-corrected chi connectivity index (χ4v) is 4.63. The van der Waals surface area contributed by atoms with Gasteiger partial charge in [-0.15, -0.1) is 0 Å². The van der Waals surface area contributed by atoms with Gasteiger partial charge in [-0.25, -0.2) is 4.39 Å². The molecule has 1 saturated heterocycles. The van der Waals surface area contributed by atoms with E-state index < -0.39 is 0 Å². The van der Waals surface area contributed by atoms with Crippen molar-refractivity contribution in [2.24, 2.45) is 0 Å². The zero-order valence-electron chi connectivity index (χ0n) is 15.2. The van der Waals surface area contributed by atoms with Crippen LogP contribution in [0.2, 0.25) is 0 Å². The van der Waals surface area contributed by atoms with Crippen LogP contribution in [0.25, 0.3) is 0 Å². The molecule has 2 aromatic carbocycles. The highest BCUT2D eigenvalue weighted by atomic mass is 19.1. The second-order valence-electron chi connectivity index (χ2n) is 7.53. The SMILES string of the molecule is O=C(c1cccc(F)c1)N1CCC(c2c3c(cc4c2OCC4)OCC3)CC1. The van der Waals surface area contributed by atoms with Gasteiger partial charge in [0.1, 0.15) is 17.3 Å². The molecule has 3 aliphatic rings. The third kappa shape index (κ3) is 2.85. The van der Waals surface area contributed by atoms with Crippen LogP contribution in [0.3, 0.4) is 0 Å². The molecule has 0 saturated carbocycles. The number of hydrogen-bond donors (Lipinski definition) is 0. The van der Waals surface area contributed by atoms with Gasteiger partial charge >= 0.3 is 0 Å². The maximum atomic E-state index is 13.4. The summed E-state index contributed by atoms with van der Waals surface area (Å²) in [6, 6.07) is 8.10. The number of nitrogens with zero attached hydrogens (tertiary/aromatic N) is 1. The van der Waals surface area contributed by atoms with Gasteiger partial charge in [-0.05, 0) is 43.0 Å². The Hall–Kier alpha value is -2.56. The van der Waals surface area contributed by atoms with Crippen molar-refractivity contribution < 1.29 is 18.7 Å². The molecule has 5 rings (SSSR count). The zero-order chi connectivity index (χ0) is 18.4. The van der Waals surface area contributed by atoms with Crippen LogP contribution in [-0.4, -0.2) is 37.1 Å². The number of piperidine rings is 1. The van der Waals surface area contributed by atoms with Crippen LogP contribution in [0.15, 0.2) is 30.3 Å². The molecule has 0 aromatic heterocycles. The molecular weight excluding hydrogens is 345 g/mol. The summed E-state index contributed by atoms with van der Waals surface area (Å²) >= 11 is 0. The standard InChI is InChI=1S/C22H22FNO3/c23-17-3-1-2-16(12-17)22(25)24-8-4-14(5-9-24)20-18-7-11-26-19(18)13-15-6-10-27-21(15)20/h1-3,12-14H,4-11H2. The first-order valence-electron chi connectivity index (χ1n) is 9.70. The molecule has 0 bridgehead atoms.